The molecule has 3 heteroatoms. The molecular weight excluding hydrogens is 558 g/mol. The van der Waals surface area contributed by atoms with Gasteiger partial charge in [-0.25, -0.2) is 0 Å². The number of aromatic nitrogens is 1. The molecule has 0 atom stereocenters. The third kappa shape index (κ3) is 3.37. The van der Waals surface area contributed by atoms with E-state index in [-0.39, 0.29) is 35.8 Å². The van der Waals surface area contributed by atoms with Gasteiger partial charge < -0.3 is 4.57 Å². The fourth-order valence-electron chi connectivity index (χ4n) is 5.75. The van der Waals surface area contributed by atoms with Crippen LogP contribution in [0.3, 0.4) is 0 Å². The van der Waals surface area contributed by atoms with Gasteiger partial charge in [-0.3, -0.25) is 0 Å². The number of fused-ring (bicyclic) bond motifs is 9. The molecule has 0 spiro atoms. The number of rotatable bonds is 3. The van der Waals surface area contributed by atoms with Crippen LogP contribution in [0.4, 0.5) is 0 Å². The van der Waals surface area contributed by atoms with Crippen molar-refractivity contribution in [3.05, 3.63) is 132 Å². The molecular formula is C36H22BrNS. The second-order valence-corrected chi connectivity index (χ2v) is 11.5. The number of hydrogen-bond acceptors (Lipinski definition) is 1. The summed E-state index contributed by atoms with van der Waals surface area (Å²) in [6.07, 6.45) is 1.85. The van der Waals surface area contributed by atoms with Gasteiger partial charge in [-0.2, -0.15) is 0 Å². The smallest absolute Gasteiger partial charge is 0.0635 e. The van der Waals surface area contributed by atoms with E-state index in [1.165, 1.54) is 16.2 Å². The molecule has 0 saturated heterocycles. The molecule has 0 unspecified atom stereocenters. The summed E-state index contributed by atoms with van der Waals surface area (Å²) in [6.45, 7) is 3.92. The number of nitrogens with zero attached hydrogens (tertiary/aromatic N) is 1. The zero-order valence-electron chi connectivity index (χ0n) is 25.6. The quantitative estimate of drug-likeness (QED) is 0.194. The zero-order chi connectivity index (χ0) is 30.4. The minimum Gasteiger partial charge on any atom is -0.309 e. The van der Waals surface area contributed by atoms with E-state index in [0.29, 0.717) is 5.56 Å². The van der Waals surface area contributed by atoms with E-state index in [1.807, 2.05) is 24.3 Å². The molecule has 0 N–H and O–H groups in total. The SMILES string of the molecule is [2H]c1c([2H])c([2H])c(-c2ccc3c(c2)sc2c(Br)cc4c5c6ccccc6ccc5n(-c5ccc(C=C)cc5)c4c23)c([2H])c1[2H]. The fraction of sp³-hybridized carbons (Fsp3) is 0. The fourth-order valence-corrected chi connectivity index (χ4v) is 7.57. The summed E-state index contributed by atoms with van der Waals surface area (Å²) >= 11 is 5.54. The third-order valence-electron chi connectivity index (χ3n) is 7.49. The summed E-state index contributed by atoms with van der Waals surface area (Å²) in [6, 6.07) is 27.9. The molecule has 1 nitrogen and oxygen atoms in total. The molecule has 0 aliphatic rings. The lowest BCUT2D eigenvalue weighted by Crippen LogP contribution is -1.94. The van der Waals surface area contributed by atoms with Crippen LogP contribution in [0.15, 0.2) is 126 Å². The standard InChI is InChI=1S/C36H22BrNS/c1-2-22-12-16-26(17-13-22)38-31-19-15-24-10-6-7-11-27(24)33(31)29-21-30(37)36-34(35(29)38)28-18-14-25(20-32(28)39-36)23-8-4-3-5-9-23/h2-21H,1H2/i3D,4D,5D,8D,9D. The normalized spacial score (nSPS) is 13.6. The molecule has 0 radical (unpaired) electrons. The molecule has 8 rings (SSSR count). The summed E-state index contributed by atoms with van der Waals surface area (Å²) in [5.41, 5.74) is 5.11. The van der Waals surface area contributed by atoms with Crippen LogP contribution in [0.5, 0.6) is 0 Å². The highest BCUT2D eigenvalue weighted by molar-refractivity contribution is 9.10. The van der Waals surface area contributed by atoms with Gasteiger partial charge in [0.25, 0.3) is 0 Å². The van der Waals surface area contributed by atoms with E-state index < -0.39 is 0 Å². The van der Waals surface area contributed by atoms with E-state index >= 15 is 0 Å². The van der Waals surface area contributed by atoms with Crippen molar-refractivity contribution in [1.82, 2.24) is 4.57 Å². The molecule has 39 heavy (non-hydrogen) atoms. The van der Waals surface area contributed by atoms with Gasteiger partial charge in [0.15, 0.2) is 0 Å². The molecule has 6 aromatic carbocycles. The summed E-state index contributed by atoms with van der Waals surface area (Å²) in [7, 11) is 0. The molecule has 8 aromatic rings. The zero-order valence-corrected chi connectivity index (χ0v) is 23.0. The van der Waals surface area contributed by atoms with Crippen molar-refractivity contribution in [1.29, 1.82) is 0 Å². The van der Waals surface area contributed by atoms with Gasteiger partial charge in [0.05, 0.1) is 22.6 Å². The first-order valence-corrected chi connectivity index (χ1v) is 14.2. The molecule has 0 amide bonds. The number of hydrogen-bond donors (Lipinski definition) is 0. The molecule has 0 saturated carbocycles. The highest BCUT2D eigenvalue weighted by atomic mass is 79.9. The molecule has 0 aliphatic carbocycles. The molecule has 2 heterocycles. The third-order valence-corrected chi connectivity index (χ3v) is 9.56. The van der Waals surface area contributed by atoms with Crippen molar-refractivity contribution in [2.45, 2.75) is 0 Å². The summed E-state index contributed by atoms with van der Waals surface area (Å²) in [4.78, 5) is 0. The monoisotopic (exact) mass is 584 g/mol. The lowest BCUT2D eigenvalue weighted by molar-refractivity contribution is 1.19. The van der Waals surface area contributed by atoms with Crippen LogP contribution in [0.2, 0.25) is 0 Å². The van der Waals surface area contributed by atoms with Gasteiger partial charge in [0.1, 0.15) is 0 Å². The Balaban J connectivity index is 1.52. The molecule has 0 bridgehead atoms. The van der Waals surface area contributed by atoms with Crippen molar-refractivity contribution in [2.24, 2.45) is 0 Å². The van der Waals surface area contributed by atoms with Gasteiger partial charge in [-0.15, -0.1) is 11.3 Å². The molecule has 184 valence electrons. The Bertz CT molecular complexity index is 2500. The minimum atomic E-state index is -0.389. The number of benzene rings is 6. The Kier molecular flexibility index (Phi) is 4.04. The van der Waals surface area contributed by atoms with Crippen molar-refractivity contribution in [3.8, 4) is 16.8 Å². The lowest BCUT2D eigenvalue weighted by Gasteiger charge is -2.10. The second kappa shape index (κ2) is 8.67. The van der Waals surface area contributed by atoms with E-state index in [2.05, 4.69) is 93.8 Å². The Hall–Kier alpha value is -4.18. The van der Waals surface area contributed by atoms with Crippen LogP contribution in [0.1, 0.15) is 12.4 Å². The first-order chi connectivity index (χ1) is 21.3. The predicted molar refractivity (Wildman–Crippen MR) is 174 cm³/mol. The second-order valence-electron chi connectivity index (χ2n) is 9.58. The molecule has 0 fully saturated rings. The predicted octanol–water partition coefficient (Wildman–Crippen LogP) is 11.4. The first-order valence-electron chi connectivity index (χ1n) is 15.1. The summed E-state index contributed by atoms with van der Waals surface area (Å²) < 4.78 is 46.8. The number of halogens is 1. The van der Waals surface area contributed by atoms with Gasteiger partial charge in [-0.1, -0.05) is 97.5 Å². The van der Waals surface area contributed by atoms with Gasteiger partial charge in [-0.05, 0) is 73.7 Å². The maximum Gasteiger partial charge on any atom is 0.0635 e. The van der Waals surface area contributed by atoms with Crippen LogP contribution in [-0.4, -0.2) is 4.57 Å². The first kappa shape index (κ1) is 18.2. The van der Waals surface area contributed by atoms with Crippen molar-refractivity contribution < 1.29 is 6.85 Å². The van der Waals surface area contributed by atoms with Crippen molar-refractivity contribution in [3.63, 3.8) is 0 Å². The van der Waals surface area contributed by atoms with Crippen LogP contribution in [-0.2, 0) is 0 Å². The Morgan fingerprint density at radius 2 is 1.59 bits per heavy atom. The highest BCUT2D eigenvalue weighted by Crippen LogP contribution is 2.48. The van der Waals surface area contributed by atoms with Crippen LogP contribution < -0.4 is 0 Å². The average molecular weight is 586 g/mol. The molecule has 0 aliphatic heterocycles. The summed E-state index contributed by atoms with van der Waals surface area (Å²) in [5, 5.41) is 6.84. The van der Waals surface area contributed by atoms with Gasteiger partial charge in [0, 0.05) is 36.4 Å². The van der Waals surface area contributed by atoms with Crippen molar-refractivity contribution >= 4 is 86.1 Å². The van der Waals surface area contributed by atoms with E-state index in [9.17, 15) is 0 Å². The van der Waals surface area contributed by atoms with E-state index in [1.54, 1.807) is 11.3 Å². The van der Waals surface area contributed by atoms with Crippen LogP contribution in [0.25, 0.3) is 75.6 Å². The molecule has 2 aromatic heterocycles. The van der Waals surface area contributed by atoms with E-state index in [0.717, 1.165) is 52.3 Å². The Morgan fingerprint density at radius 1 is 0.769 bits per heavy atom. The maximum atomic E-state index is 8.52. The maximum absolute atomic E-state index is 8.52. The lowest BCUT2D eigenvalue weighted by atomic mass is 10.0. The largest absolute Gasteiger partial charge is 0.309 e. The van der Waals surface area contributed by atoms with Crippen molar-refractivity contribution in [2.75, 3.05) is 0 Å². The van der Waals surface area contributed by atoms with Crippen LogP contribution in [0, 0.1) is 0 Å². The topological polar surface area (TPSA) is 4.93 Å². The van der Waals surface area contributed by atoms with Gasteiger partial charge >= 0.3 is 0 Å². The Labute approximate surface area is 245 Å². The summed E-state index contributed by atoms with van der Waals surface area (Å²) in [5.74, 6) is 0. The highest BCUT2D eigenvalue weighted by Gasteiger charge is 2.21. The van der Waals surface area contributed by atoms with Crippen LogP contribution >= 0.6 is 27.3 Å². The van der Waals surface area contributed by atoms with E-state index in [4.69, 9.17) is 6.85 Å². The average Bonchev–Trinajstić information content (AvgIpc) is 3.59. The Morgan fingerprint density at radius 3 is 2.41 bits per heavy atom. The minimum absolute atomic E-state index is 0.199. The number of thiophene rings is 1. The van der Waals surface area contributed by atoms with Gasteiger partial charge in [0.2, 0.25) is 0 Å².